The predicted octanol–water partition coefficient (Wildman–Crippen LogP) is 1.90. The maximum atomic E-state index is 8.94. The van der Waals surface area contributed by atoms with E-state index in [1.54, 1.807) is 6.92 Å². The Morgan fingerprint density at radius 3 is 2.85 bits per heavy atom. The molecule has 0 radical (unpaired) electrons. The van der Waals surface area contributed by atoms with E-state index in [2.05, 4.69) is 10.1 Å². The standard InChI is InChI=1S/C15H22N2O3/c1-12-3-4-15(14(11-12)13(2)16-18)20-10-7-17-5-8-19-9-6-17/h3-4,11,18H,5-10H2,1-2H3/b16-13+. The quantitative estimate of drug-likeness (QED) is 0.508. The highest BCUT2D eigenvalue weighted by Crippen LogP contribution is 2.21. The molecule has 1 saturated heterocycles. The largest absolute Gasteiger partial charge is 0.492 e. The summed E-state index contributed by atoms with van der Waals surface area (Å²) in [5.41, 5.74) is 2.52. The van der Waals surface area contributed by atoms with Crippen LogP contribution in [0, 0.1) is 6.92 Å². The van der Waals surface area contributed by atoms with Crippen molar-refractivity contribution in [2.24, 2.45) is 5.16 Å². The molecule has 0 bridgehead atoms. The second-order valence-electron chi connectivity index (χ2n) is 4.99. The molecular weight excluding hydrogens is 256 g/mol. The van der Waals surface area contributed by atoms with Gasteiger partial charge in [-0.1, -0.05) is 16.8 Å². The minimum absolute atomic E-state index is 0.565. The summed E-state index contributed by atoms with van der Waals surface area (Å²) in [5, 5.41) is 12.2. The SMILES string of the molecule is C/C(=N\O)c1cc(C)ccc1OCCN1CCOCC1. The predicted molar refractivity (Wildman–Crippen MR) is 77.9 cm³/mol. The molecule has 0 amide bonds. The molecule has 0 spiro atoms. The van der Waals surface area contributed by atoms with Crippen LogP contribution in [0.1, 0.15) is 18.1 Å². The molecule has 1 aliphatic heterocycles. The highest BCUT2D eigenvalue weighted by atomic mass is 16.5. The van der Waals surface area contributed by atoms with Crippen molar-refractivity contribution in [3.05, 3.63) is 29.3 Å². The van der Waals surface area contributed by atoms with Crippen molar-refractivity contribution in [3.8, 4) is 5.75 Å². The lowest BCUT2D eigenvalue weighted by molar-refractivity contribution is 0.0322. The van der Waals surface area contributed by atoms with E-state index in [-0.39, 0.29) is 0 Å². The fourth-order valence-electron chi connectivity index (χ4n) is 2.22. The van der Waals surface area contributed by atoms with Crippen LogP contribution in [-0.4, -0.2) is 55.3 Å². The zero-order valence-electron chi connectivity index (χ0n) is 12.1. The highest BCUT2D eigenvalue weighted by molar-refractivity contribution is 6.00. The van der Waals surface area contributed by atoms with Crippen LogP contribution >= 0.6 is 0 Å². The van der Waals surface area contributed by atoms with Crippen LogP contribution in [0.15, 0.2) is 23.4 Å². The second kappa shape index (κ2) is 7.26. The van der Waals surface area contributed by atoms with Crippen molar-refractivity contribution in [2.75, 3.05) is 39.5 Å². The molecule has 0 unspecified atom stereocenters. The van der Waals surface area contributed by atoms with E-state index in [9.17, 15) is 0 Å². The van der Waals surface area contributed by atoms with Crippen LogP contribution in [-0.2, 0) is 4.74 Å². The van der Waals surface area contributed by atoms with Crippen molar-refractivity contribution in [2.45, 2.75) is 13.8 Å². The molecule has 1 fully saturated rings. The topological polar surface area (TPSA) is 54.3 Å². The summed E-state index contributed by atoms with van der Waals surface area (Å²) < 4.78 is 11.2. The lowest BCUT2D eigenvalue weighted by atomic mass is 10.1. The van der Waals surface area contributed by atoms with Gasteiger partial charge in [0, 0.05) is 25.2 Å². The van der Waals surface area contributed by atoms with Crippen molar-refractivity contribution >= 4 is 5.71 Å². The summed E-state index contributed by atoms with van der Waals surface area (Å²) in [6.45, 7) is 8.79. The zero-order valence-corrected chi connectivity index (χ0v) is 12.1. The van der Waals surface area contributed by atoms with E-state index >= 15 is 0 Å². The van der Waals surface area contributed by atoms with Gasteiger partial charge in [-0.2, -0.15) is 0 Å². The lowest BCUT2D eigenvalue weighted by Gasteiger charge is -2.26. The molecule has 0 aromatic heterocycles. The maximum Gasteiger partial charge on any atom is 0.128 e. The Kier molecular flexibility index (Phi) is 5.38. The van der Waals surface area contributed by atoms with Gasteiger partial charge in [-0.3, -0.25) is 4.90 Å². The number of morpholine rings is 1. The molecule has 5 nitrogen and oxygen atoms in total. The van der Waals surface area contributed by atoms with E-state index in [1.807, 2.05) is 25.1 Å². The Labute approximate surface area is 119 Å². The van der Waals surface area contributed by atoms with Crippen molar-refractivity contribution < 1.29 is 14.7 Å². The van der Waals surface area contributed by atoms with Gasteiger partial charge >= 0.3 is 0 Å². The summed E-state index contributed by atoms with van der Waals surface area (Å²) >= 11 is 0. The Balaban J connectivity index is 1.94. The number of rotatable bonds is 5. The first kappa shape index (κ1) is 14.8. The molecule has 5 heteroatoms. The summed E-state index contributed by atoms with van der Waals surface area (Å²) in [6.07, 6.45) is 0. The van der Waals surface area contributed by atoms with E-state index < -0.39 is 0 Å². The summed E-state index contributed by atoms with van der Waals surface area (Å²) in [7, 11) is 0. The maximum absolute atomic E-state index is 8.94. The molecule has 1 aliphatic rings. The van der Waals surface area contributed by atoms with Gasteiger partial charge in [-0.15, -0.1) is 0 Å². The average Bonchev–Trinajstić information content (AvgIpc) is 2.49. The van der Waals surface area contributed by atoms with Crippen LogP contribution < -0.4 is 4.74 Å². The Hall–Kier alpha value is -1.59. The minimum Gasteiger partial charge on any atom is -0.492 e. The van der Waals surface area contributed by atoms with E-state index in [0.29, 0.717) is 12.3 Å². The van der Waals surface area contributed by atoms with Gasteiger partial charge in [-0.05, 0) is 26.0 Å². The van der Waals surface area contributed by atoms with E-state index in [1.165, 1.54) is 0 Å². The lowest BCUT2D eigenvalue weighted by Crippen LogP contribution is -2.38. The average molecular weight is 278 g/mol. The van der Waals surface area contributed by atoms with Crippen LogP contribution in [0.5, 0.6) is 5.75 Å². The third-order valence-corrected chi connectivity index (χ3v) is 3.44. The molecule has 1 heterocycles. The first-order chi connectivity index (χ1) is 9.70. The third-order valence-electron chi connectivity index (χ3n) is 3.44. The van der Waals surface area contributed by atoms with Crippen LogP contribution in [0.25, 0.3) is 0 Å². The number of aryl methyl sites for hydroxylation is 1. The highest BCUT2D eigenvalue weighted by Gasteiger charge is 2.11. The molecule has 1 aromatic carbocycles. The van der Waals surface area contributed by atoms with Gasteiger partial charge in [0.05, 0.1) is 18.9 Å². The normalized spacial score (nSPS) is 17.2. The fourth-order valence-corrected chi connectivity index (χ4v) is 2.22. The summed E-state index contributed by atoms with van der Waals surface area (Å²) in [5.74, 6) is 0.763. The molecular formula is C15H22N2O3. The molecule has 0 atom stereocenters. The molecule has 0 aliphatic carbocycles. The van der Waals surface area contributed by atoms with Crippen molar-refractivity contribution in [3.63, 3.8) is 0 Å². The van der Waals surface area contributed by atoms with Gasteiger partial charge in [-0.25, -0.2) is 0 Å². The molecule has 110 valence electrons. The molecule has 1 N–H and O–H groups in total. The van der Waals surface area contributed by atoms with Gasteiger partial charge in [0.1, 0.15) is 12.4 Å². The van der Waals surface area contributed by atoms with Gasteiger partial charge < -0.3 is 14.7 Å². The summed E-state index contributed by atoms with van der Waals surface area (Å²) in [6, 6.07) is 5.90. The van der Waals surface area contributed by atoms with Gasteiger partial charge in [0.25, 0.3) is 0 Å². The smallest absolute Gasteiger partial charge is 0.128 e. The fraction of sp³-hybridized carbons (Fsp3) is 0.533. The Bertz CT molecular complexity index is 468. The summed E-state index contributed by atoms with van der Waals surface area (Å²) in [4.78, 5) is 2.32. The number of benzene rings is 1. The first-order valence-electron chi connectivity index (χ1n) is 6.93. The van der Waals surface area contributed by atoms with E-state index in [4.69, 9.17) is 14.7 Å². The number of ether oxygens (including phenoxy) is 2. The third kappa shape index (κ3) is 3.95. The number of oxime groups is 1. The first-order valence-corrected chi connectivity index (χ1v) is 6.93. The minimum atomic E-state index is 0.565. The molecule has 1 aromatic rings. The van der Waals surface area contributed by atoms with Crippen LogP contribution in [0.2, 0.25) is 0 Å². The monoisotopic (exact) mass is 278 g/mol. The van der Waals surface area contributed by atoms with E-state index in [0.717, 1.165) is 49.7 Å². The molecule has 2 rings (SSSR count). The number of hydrogen-bond acceptors (Lipinski definition) is 5. The Morgan fingerprint density at radius 2 is 2.15 bits per heavy atom. The Morgan fingerprint density at radius 1 is 1.40 bits per heavy atom. The van der Waals surface area contributed by atoms with Crippen LogP contribution in [0.3, 0.4) is 0 Å². The number of nitrogens with zero attached hydrogens (tertiary/aromatic N) is 2. The van der Waals surface area contributed by atoms with Crippen LogP contribution in [0.4, 0.5) is 0 Å². The van der Waals surface area contributed by atoms with Gasteiger partial charge in [0.2, 0.25) is 0 Å². The van der Waals surface area contributed by atoms with Gasteiger partial charge in [0.15, 0.2) is 0 Å². The van der Waals surface area contributed by atoms with Crippen molar-refractivity contribution in [1.82, 2.24) is 4.90 Å². The number of hydrogen-bond donors (Lipinski definition) is 1. The second-order valence-corrected chi connectivity index (χ2v) is 4.99. The molecule has 20 heavy (non-hydrogen) atoms. The van der Waals surface area contributed by atoms with Crippen molar-refractivity contribution in [1.29, 1.82) is 0 Å². The zero-order chi connectivity index (χ0) is 14.4. The molecule has 0 saturated carbocycles.